The molecule has 2 aromatic carbocycles. The van der Waals surface area contributed by atoms with E-state index in [0.717, 1.165) is 5.69 Å². The molecule has 2 heterocycles. The molecule has 0 unspecified atom stereocenters. The fourth-order valence-electron chi connectivity index (χ4n) is 3.20. The van der Waals surface area contributed by atoms with Gasteiger partial charge in [-0.05, 0) is 44.2 Å². The molecule has 0 spiro atoms. The molecule has 0 aliphatic heterocycles. The molecular weight excluding hydrogens is 358 g/mol. The van der Waals surface area contributed by atoms with Crippen LogP contribution in [-0.4, -0.2) is 31.4 Å². The number of nitrogens with one attached hydrogen (secondary N) is 3. The molecular formula is C20H17N5O3. The molecule has 0 radical (unpaired) electrons. The van der Waals surface area contributed by atoms with Crippen molar-refractivity contribution >= 4 is 28.4 Å². The maximum Gasteiger partial charge on any atom is 0.323 e. The standard InChI is InChI=1S/C20H17N5O3/c1-11-17(12(2)25(24-11)14-6-4-3-5-7-14)18(26)19(27)21-13-8-9-15-16(10-13)23-20(28)22-15/h3-10H,1-2H3,(H,21,27)(H2,22,23,28). The predicted molar refractivity (Wildman–Crippen MR) is 105 cm³/mol. The van der Waals surface area contributed by atoms with Gasteiger partial charge in [0, 0.05) is 5.69 Å². The number of hydrogen-bond donors (Lipinski definition) is 3. The lowest BCUT2D eigenvalue weighted by Crippen LogP contribution is -2.24. The topological polar surface area (TPSA) is 113 Å². The number of ketones is 1. The lowest BCUT2D eigenvalue weighted by Gasteiger charge is -2.06. The Morgan fingerprint density at radius 1 is 1.00 bits per heavy atom. The number of rotatable bonds is 4. The summed E-state index contributed by atoms with van der Waals surface area (Å²) in [6, 6.07) is 14.3. The molecule has 8 nitrogen and oxygen atoms in total. The van der Waals surface area contributed by atoms with E-state index in [2.05, 4.69) is 20.4 Å². The molecule has 0 aliphatic rings. The second-order valence-electron chi connectivity index (χ2n) is 6.42. The number of carbonyl (C=O) groups excluding carboxylic acids is 2. The van der Waals surface area contributed by atoms with Gasteiger partial charge in [-0.25, -0.2) is 9.48 Å². The number of Topliss-reactive ketones (excluding diaryl/α,β-unsaturated/α-hetero) is 1. The van der Waals surface area contributed by atoms with Crippen LogP contribution in [0.15, 0.2) is 53.3 Å². The van der Waals surface area contributed by atoms with Crippen LogP contribution in [-0.2, 0) is 4.79 Å². The zero-order valence-electron chi connectivity index (χ0n) is 15.2. The summed E-state index contributed by atoms with van der Waals surface area (Å²) < 4.78 is 1.65. The lowest BCUT2D eigenvalue weighted by molar-refractivity contribution is -0.112. The van der Waals surface area contributed by atoms with Crippen LogP contribution in [0.4, 0.5) is 5.69 Å². The third kappa shape index (κ3) is 3.01. The quantitative estimate of drug-likeness (QED) is 0.376. The van der Waals surface area contributed by atoms with Crippen molar-refractivity contribution in [2.75, 3.05) is 5.32 Å². The molecule has 0 fully saturated rings. The summed E-state index contributed by atoms with van der Waals surface area (Å²) in [5.74, 6) is -1.43. The van der Waals surface area contributed by atoms with Crippen LogP contribution in [0.3, 0.4) is 0 Å². The number of amides is 1. The van der Waals surface area contributed by atoms with Gasteiger partial charge < -0.3 is 15.3 Å². The van der Waals surface area contributed by atoms with Crippen molar-refractivity contribution in [1.82, 2.24) is 19.7 Å². The average molecular weight is 375 g/mol. The van der Waals surface area contributed by atoms with Gasteiger partial charge in [0.1, 0.15) is 0 Å². The van der Waals surface area contributed by atoms with Crippen LogP contribution in [0.25, 0.3) is 16.7 Å². The van der Waals surface area contributed by atoms with E-state index < -0.39 is 11.7 Å². The van der Waals surface area contributed by atoms with Crippen LogP contribution < -0.4 is 11.0 Å². The number of aryl methyl sites for hydroxylation is 1. The summed E-state index contributed by atoms with van der Waals surface area (Å²) >= 11 is 0. The Balaban J connectivity index is 1.62. The summed E-state index contributed by atoms with van der Waals surface area (Å²) in [7, 11) is 0. The Morgan fingerprint density at radius 3 is 2.46 bits per heavy atom. The van der Waals surface area contributed by atoms with Gasteiger partial charge in [0.15, 0.2) is 0 Å². The summed E-state index contributed by atoms with van der Waals surface area (Å²) in [5.41, 5.74) is 3.38. The van der Waals surface area contributed by atoms with Crippen LogP contribution in [0.5, 0.6) is 0 Å². The van der Waals surface area contributed by atoms with Crippen LogP contribution in [0.2, 0.25) is 0 Å². The molecule has 3 N–H and O–H groups in total. The van der Waals surface area contributed by atoms with Gasteiger partial charge in [-0.1, -0.05) is 18.2 Å². The van der Waals surface area contributed by atoms with E-state index in [1.807, 2.05) is 30.3 Å². The van der Waals surface area contributed by atoms with Crippen LogP contribution in [0.1, 0.15) is 21.7 Å². The lowest BCUT2D eigenvalue weighted by atomic mass is 10.1. The van der Waals surface area contributed by atoms with Crippen molar-refractivity contribution in [1.29, 1.82) is 0 Å². The monoisotopic (exact) mass is 375 g/mol. The number of imidazole rings is 1. The van der Waals surface area contributed by atoms with Crippen molar-refractivity contribution in [3.8, 4) is 5.69 Å². The van der Waals surface area contributed by atoms with Crippen molar-refractivity contribution < 1.29 is 9.59 Å². The summed E-state index contributed by atoms with van der Waals surface area (Å²) in [4.78, 5) is 41.9. The van der Waals surface area contributed by atoms with Gasteiger partial charge in [-0.3, -0.25) is 9.59 Å². The first-order valence-corrected chi connectivity index (χ1v) is 8.63. The first-order chi connectivity index (χ1) is 13.4. The Kier molecular flexibility index (Phi) is 4.15. The highest BCUT2D eigenvalue weighted by Crippen LogP contribution is 2.20. The van der Waals surface area contributed by atoms with E-state index in [1.54, 1.807) is 36.7 Å². The first-order valence-electron chi connectivity index (χ1n) is 8.63. The number of hydrogen-bond acceptors (Lipinski definition) is 4. The molecule has 4 aromatic rings. The minimum atomic E-state index is -0.768. The van der Waals surface area contributed by atoms with Crippen molar-refractivity contribution in [3.05, 3.63) is 76.0 Å². The van der Waals surface area contributed by atoms with Crippen molar-refractivity contribution in [2.45, 2.75) is 13.8 Å². The van der Waals surface area contributed by atoms with Crippen molar-refractivity contribution in [2.24, 2.45) is 0 Å². The van der Waals surface area contributed by atoms with E-state index in [9.17, 15) is 14.4 Å². The van der Waals surface area contributed by atoms with E-state index in [1.165, 1.54) is 0 Å². The molecule has 0 atom stereocenters. The Morgan fingerprint density at radius 2 is 1.71 bits per heavy atom. The minimum Gasteiger partial charge on any atom is -0.319 e. The summed E-state index contributed by atoms with van der Waals surface area (Å²) in [6.45, 7) is 3.45. The van der Waals surface area contributed by atoms with Gasteiger partial charge in [0.25, 0.3) is 11.7 Å². The largest absolute Gasteiger partial charge is 0.323 e. The molecule has 0 saturated heterocycles. The third-order valence-electron chi connectivity index (χ3n) is 4.50. The van der Waals surface area contributed by atoms with E-state index in [-0.39, 0.29) is 11.3 Å². The SMILES string of the molecule is Cc1nn(-c2ccccc2)c(C)c1C(=O)C(=O)Nc1ccc2[nH]c(=O)[nH]c2c1. The highest BCUT2D eigenvalue weighted by atomic mass is 16.2. The molecule has 0 bridgehead atoms. The normalized spacial score (nSPS) is 10.9. The Labute approximate surface area is 159 Å². The molecule has 2 aromatic heterocycles. The van der Waals surface area contributed by atoms with Crippen LogP contribution in [0, 0.1) is 13.8 Å². The minimum absolute atomic E-state index is 0.275. The number of carbonyl (C=O) groups is 2. The van der Waals surface area contributed by atoms with Gasteiger partial charge in [-0.2, -0.15) is 5.10 Å². The number of anilines is 1. The highest BCUT2D eigenvalue weighted by Gasteiger charge is 2.25. The van der Waals surface area contributed by atoms with Gasteiger partial charge in [0.05, 0.1) is 33.7 Å². The number of para-hydroxylation sites is 1. The second-order valence-corrected chi connectivity index (χ2v) is 6.42. The highest BCUT2D eigenvalue weighted by molar-refractivity contribution is 6.47. The fraction of sp³-hybridized carbons (Fsp3) is 0.100. The molecule has 0 saturated carbocycles. The summed E-state index contributed by atoms with van der Waals surface area (Å²) in [5, 5.41) is 6.99. The first kappa shape index (κ1) is 17.5. The molecule has 8 heteroatoms. The molecule has 1 amide bonds. The van der Waals surface area contributed by atoms with E-state index in [0.29, 0.717) is 28.1 Å². The number of aromatic nitrogens is 4. The molecule has 140 valence electrons. The predicted octanol–water partition coefficient (Wildman–Crippen LogP) is 2.48. The number of aromatic amines is 2. The van der Waals surface area contributed by atoms with Gasteiger partial charge >= 0.3 is 5.69 Å². The smallest absolute Gasteiger partial charge is 0.319 e. The molecule has 0 aliphatic carbocycles. The zero-order valence-corrected chi connectivity index (χ0v) is 15.2. The van der Waals surface area contributed by atoms with Crippen LogP contribution >= 0.6 is 0 Å². The van der Waals surface area contributed by atoms with E-state index in [4.69, 9.17) is 0 Å². The third-order valence-corrected chi connectivity index (χ3v) is 4.50. The Hall–Kier alpha value is -3.94. The zero-order chi connectivity index (χ0) is 19.8. The van der Waals surface area contributed by atoms with E-state index >= 15 is 0 Å². The number of nitrogens with zero attached hydrogens (tertiary/aromatic N) is 2. The molecule has 28 heavy (non-hydrogen) atoms. The number of benzene rings is 2. The second kappa shape index (κ2) is 6.66. The Bertz CT molecular complexity index is 1260. The maximum atomic E-state index is 12.8. The maximum absolute atomic E-state index is 12.8. The summed E-state index contributed by atoms with van der Waals surface area (Å²) in [6.07, 6.45) is 0. The number of H-pyrrole nitrogens is 2. The van der Waals surface area contributed by atoms with Gasteiger partial charge in [-0.15, -0.1) is 0 Å². The van der Waals surface area contributed by atoms with Crippen molar-refractivity contribution in [3.63, 3.8) is 0 Å². The molecule has 4 rings (SSSR count). The van der Waals surface area contributed by atoms with Gasteiger partial charge in [0.2, 0.25) is 0 Å². The number of fused-ring (bicyclic) bond motifs is 1. The fourth-order valence-corrected chi connectivity index (χ4v) is 3.20. The average Bonchev–Trinajstić information content (AvgIpc) is 3.19.